The Morgan fingerprint density at radius 3 is 2.78 bits per heavy atom. The van der Waals surface area contributed by atoms with Gasteiger partial charge < -0.3 is 10.0 Å². The molecule has 1 aromatic carbocycles. The van der Waals surface area contributed by atoms with Gasteiger partial charge in [-0.25, -0.2) is 0 Å². The van der Waals surface area contributed by atoms with Crippen molar-refractivity contribution in [3.63, 3.8) is 0 Å². The van der Waals surface area contributed by atoms with Crippen LogP contribution >= 0.6 is 11.3 Å². The smallest absolute Gasteiger partial charge is 0.254 e. The molecule has 2 heterocycles. The number of thiophene rings is 1. The van der Waals surface area contributed by atoms with Crippen LogP contribution in [0.1, 0.15) is 47.1 Å². The number of likely N-dealkylation sites (tertiary alicyclic amines) is 1. The fraction of sp³-hybridized carbons (Fsp3) is 0.316. The van der Waals surface area contributed by atoms with E-state index >= 15 is 0 Å². The first kappa shape index (κ1) is 15.8. The lowest BCUT2D eigenvalue weighted by Gasteiger charge is -2.40. The number of benzene rings is 1. The number of carbonyl (C=O) groups is 1. The Morgan fingerprint density at radius 1 is 1.35 bits per heavy atom. The van der Waals surface area contributed by atoms with Crippen LogP contribution in [0.25, 0.3) is 0 Å². The highest BCUT2D eigenvalue weighted by Crippen LogP contribution is 2.36. The summed E-state index contributed by atoms with van der Waals surface area (Å²) in [4.78, 5) is 15.9. The third kappa shape index (κ3) is 3.64. The molecule has 23 heavy (non-hydrogen) atoms. The van der Waals surface area contributed by atoms with Gasteiger partial charge in [0.25, 0.3) is 5.91 Å². The molecule has 1 saturated heterocycles. The molecular formula is C19H19NO2S. The number of hydrogen-bond donors (Lipinski definition) is 1. The number of carbonyl (C=O) groups excluding carboxylic acids is 1. The maximum Gasteiger partial charge on any atom is 0.254 e. The van der Waals surface area contributed by atoms with Crippen molar-refractivity contribution < 1.29 is 9.90 Å². The van der Waals surface area contributed by atoms with E-state index < -0.39 is 5.60 Å². The van der Waals surface area contributed by atoms with Crippen LogP contribution in [0.4, 0.5) is 0 Å². The van der Waals surface area contributed by atoms with E-state index in [-0.39, 0.29) is 11.9 Å². The Balaban J connectivity index is 1.79. The Hall–Kier alpha value is -2.09. The summed E-state index contributed by atoms with van der Waals surface area (Å²) in [6, 6.07) is 11.6. The third-order valence-corrected chi connectivity index (χ3v) is 4.75. The standard InChI is InChI=1S/C19H19NO2S/c1-19(2,22)10-8-14-5-3-6-15(13-14)18(21)20-11-9-16(20)17-7-4-12-23-17/h3-7,12-13,16,22H,9,11H2,1-2H3. The third-order valence-electron chi connectivity index (χ3n) is 3.77. The first-order valence-corrected chi connectivity index (χ1v) is 8.52. The first-order chi connectivity index (χ1) is 10.9. The van der Waals surface area contributed by atoms with Gasteiger partial charge in [0.15, 0.2) is 0 Å². The van der Waals surface area contributed by atoms with Crippen molar-refractivity contribution in [3.8, 4) is 11.8 Å². The predicted molar refractivity (Wildman–Crippen MR) is 92.3 cm³/mol. The van der Waals surface area contributed by atoms with Crippen LogP contribution in [0, 0.1) is 11.8 Å². The monoisotopic (exact) mass is 325 g/mol. The highest BCUT2D eigenvalue weighted by molar-refractivity contribution is 7.10. The largest absolute Gasteiger partial charge is 0.378 e. The molecule has 3 nitrogen and oxygen atoms in total. The zero-order valence-corrected chi connectivity index (χ0v) is 14.1. The van der Waals surface area contributed by atoms with E-state index in [1.807, 2.05) is 34.5 Å². The molecular weight excluding hydrogens is 306 g/mol. The molecule has 0 aliphatic carbocycles. The first-order valence-electron chi connectivity index (χ1n) is 7.64. The summed E-state index contributed by atoms with van der Waals surface area (Å²) in [5, 5.41) is 11.7. The second kappa shape index (κ2) is 6.19. The van der Waals surface area contributed by atoms with Gasteiger partial charge in [-0.3, -0.25) is 4.79 Å². The van der Waals surface area contributed by atoms with Crippen molar-refractivity contribution in [2.75, 3.05) is 6.54 Å². The van der Waals surface area contributed by atoms with E-state index in [2.05, 4.69) is 17.9 Å². The molecule has 0 saturated carbocycles. The van der Waals surface area contributed by atoms with E-state index in [9.17, 15) is 9.90 Å². The highest BCUT2D eigenvalue weighted by Gasteiger charge is 2.34. The summed E-state index contributed by atoms with van der Waals surface area (Å²) < 4.78 is 0. The maximum absolute atomic E-state index is 12.7. The van der Waals surface area contributed by atoms with Crippen molar-refractivity contribution in [2.24, 2.45) is 0 Å². The van der Waals surface area contributed by atoms with Crippen LogP contribution in [0.15, 0.2) is 41.8 Å². The van der Waals surface area contributed by atoms with Crippen LogP contribution in [-0.2, 0) is 0 Å². The maximum atomic E-state index is 12.7. The van der Waals surface area contributed by atoms with Gasteiger partial charge in [0, 0.05) is 22.5 Å². The summed E-state index contributed by atoms with van der Waals surface area (Å²) in [6.45, 7) is 4.07. The van der Waals surface area contributed by atoms with Crippen LogP contribution < -0.4 is 0 Å². The lowest BCUT2D eigenvalue weighted by atomic mass is 9.99. The molecule has 0 bridgehead atoms. The molecule has 3 rings (SSSR count). The zero-order valence-electron chi connectivity index (χ0n) is 13.2. The van der Waals surface area contributed by atoms with Crippen molar-refractivity contribution in [1.82, 2.24) is 4.90 Å². The number of hydrogen-bond acceptors (Lipinski definition) is 3. The Kier molecular flexibility index (Phi) is 4.25. The Labute approximate surface area is 140 Å². The minimum absolute atomic E-state index is 0.0431. The molecule has 0 spiro atoms. The van der Waals surface area contributed by atoms with Gasteiger partial charge in [-0.05, 0) is 49.9 Å². The lowest BCUT2D eigenvalue weighted by molar-refractivity contribution is 0.0468. The van der Waals surface area contributed by atoms with Crippen molar-refractivity contribution in [1.29, 1.82) is 0 Å². The number of aliphatic hydroxyl groups is 1. The van der Waals surface area contributed by atoms with Gasteiger partial charge >= 0.3 is 0 Å². The van der Waals surface area contributed by atoms with Crippen LogP contribution in [0.3, 0.4) is 0 Å². The summed E-state index contributed by atoms with van der Waals surface area (Å²) in [7, 11) is 0. The molecule has 2 aromatic rings. The normalized spacial score (nSPS) is 17.2. The molecule has 1 fully saturated rings. The molecule has 1 N–H and O–H groups in total. The highest BCUT2D eigenvalue weighted by atomic mass is 32.1. The minimum atomic E-state index is -1.04. The van der Waals surface area contributed by atoms with Gasteiger partial charge in [-0.15, -0.1) is 11.3 Å². The molecule has 1 aliphatic heterocycles. The van der Waals surface area contributed by atoms with E-state index in [0.717, 1.165) is 18.5 Å². The minimum Gasteiger partial charge on any atom is -0.378 e. The van der Waals surface area contributed by atoms with Gasteiger partial charge in [0.1, 0.15) is 5.60 Å². The van der Waals surface area contributed by atoms with Crippen LogP contribution in [-0.4, -0.2) is 28.1 Å². The molecule has 1 aliphatic rings. The fourth-order valence-corrected chi connectivity index (χ4v) is 3.40. The predicted octanol–water partition coefficient (Wildman–Crippen LogP) is 3.46. The Morgan fingerprint density at radius 2 is 2.17 bits per heavy atom. The van der Waals surface area contributed by atoms with Crippen molar-refractivity contribution in [3.05, 3.63) is 57.8 Å². The number of rotatable bonds is 2. The fourth-order valence-electron chi connectivity index (χ4n) is 2.53. The van der Waals surface area contributed by atoms with Gasteiger partial charge in [0.2, 0.25) is 0 Å². The van der Waals surface area contributed by atoms with Crippen molar-refractivity contribution >= 4 is 17.2 Å². The summed E-state index contributed by atoms with van der Waals surface area (Å²) in [5.74, 6) is 5.74. The average Bonchev–Trinajstić information content (AvgIpc) is 2.97. The molecule has 1 unspecified atom stereocenters. The topological polar surface area (TPSA) is 40.5 Å². The number of amides is 1. The van der Waals surface area contributed by atoms with Crippen LogP contribution in [0.5, 0.6) is 0 Å². The molecule has 1 atom stereocenters. The lowest BCUT2D eigenvalue weighted by Crippen LogP contribution is -2.44. The second-order valence-electron chi connectivity index (χ2n) is 6.21. The van der Waals surface area contributed by atoms with E-state index in [1.165, 1.54) is 4.88 Å². The van der Waals surface area contributed by atoms with E-state index in [1.54, 1.807) is 31.3 Å². The molecule has 0 radical (unpaired) electrons. The van der Waals surface area contributed by atoms with Crippen molar-refractivity contribution in [2.45, 2.75) is 31.9 Å². The quantitative estimate of drug-likeness (QED) is 0.859. The summed E-state index contributed by atoms with van der Waals surface area (Å²) >= 11 is 1.69. The van der Waals surface area contributed by atoms with Gasteiger partial charge in [0.05, 0.1) is 6.04 Å². The average molecular weight is 325 g/mol. The number of nitrogens with zero attached hydrogens (tertiary/aromatic N) is 1. The van der Waals surface area contributed by atoms with Gasteiger partial charge in [-0.2, -0.15) is 0 Å². The molecule has 1 amide bonds. The molecule has 4 heteroatoms. The Bertz CT molecular complexity index is 763. The van der Waals surface area contributed by atoms with Gasteiger partial charge in [-0.1, -0.05) is 24.0 Å². The summed E-state index contributed by atoms with van der Waals surface area (Å²) in [6.07, 6.45) is 1.02. The molecule has 118 valence electrons. The SMILES string of the molecule is CC(C)(O)C#Cc1cccc(C(=O)N2CCC2c2cccs2)c1. The van der Waals surface area contributed by atoms with E-state index in [0.29, 0.717) is 5.56 Å². The second-order valence-corrected chi connectivity index (χ2v) is 7.19. The van der Waals surface area contributed by atoms with E-state index in [4.69, 9.17) is 0 Å². The zero-order chi connectivity index (χ0) is 16.4. The van der Waals surface area contributed by atoms with Crippen LogP contribution in [0.2, 0.25) is 0 Å². The summed E-state index contributed by atoms with van der Waals surface area (Å²) in [5.41, 5.74) is 0.349. The molecule has 1 aromatic heterocycles.